The number of hydrogen-bond donors (Lipinski definition) is 1. The molecule has 1 aliphatic rings. The van der Waals surface area contributed by atoms with Crippen LogP contribution in [-0.4, -0.2) is 34.8 Å². The second-order valence-electron chi connectivity index (χ2n) is 6.18. The zero-order valence-corrected chi connectivity index (χ0v) is 15.2. The van der Waals surface area contributed by atoms with Crippen LogP contribution in [0.5, 0.6) is 0 Å². The molecule has 0 aliphatic carbocycles. The number of rotatable bonds is 4. The van der Waals surface area contributed by atoms with E-state index in [1.54, 1.807) is 4.90 Å². The number of furan rings is 1. The number of amides is 2. The Bertz CT molecular complexity index is 808. The minimum absolute atomic E-state index is 0.0949. The maximum absolute atomic E-state index is 12.5. The van der Waals surface area contributed by atoms with Crippen LogP contribution in [0.1, 0.15) is 24.4 Å². The summed E-state index contributed by atoms with van der Waals surface area (Å²) in [6.07, 6.45) is 2.88. The smallest absolute Gasteiger partial charge is 0.245 e. The van der Waals surface area contributed by atoms with Gasteiger partial charge in [0.15, 0.2) is 5.13 Å². The Morgan fingerprint density at radius 1 is 1.48 bits per heavy atom. The van der Waals surface area contributed by atoms with Crippen molar-refractivity contribution < 1.29 is 14.0 Å². The van der Waals surface area contributed by atoms with Crippen molar-refractivity contribution in [2.24, 2.45) is 5.92 Å². The summed E-state index contributed by atoms with van der Waals surface area (Å²) in [5, 5.41) is 5.34. The number of carbonyl (C=O) groups is 2. The molecule has 0 aromatic carbocycles. The van der Waals surface area contributed by atoms with E-state index < -0.39 is 0 Å². The third-order valence-electron chi connectivity index (χ3n) is 4.33. The summed E-state index contributed by atoms with van der Waals surface area (Å²) >= 11 is 1.38. The number of aryl methyl sites for hydroxylation is 2. The fourth-order valence-electron chi connectivity index (χ4n) is 3.07. The highest BCUT2D eigenvalue weighted by Gasteiger charge is 2.28. The first-order valence-electron chi connectivity index (χ1n) is 8.23. The van der Waals surface area contributed by atoms with Crippen molar-refractivity contribution in [2.45, 2.75) is 26.7 Å². The summed E-state index contributed by atoms with van der Waals surface area (Å²) in [6.45, 7) is 8.40. The van der Waals surface area contributed by atoms with Gasteiger partial charge < -0.3 is 14.6 Å². The molecule has 6 nitrogen and oxygen atoms in total. The molecule has 1 aliphatic heterocycles. The highest BCUT2D eigenvalue weighted by molar-refractivity contribution is 7.14. The minimum Gasteiger partial charge on any atom is -0.466 e. The van der Waals surface area contributed by atoms with E-state index in [0.717, 1.165) is 35.6 Å². The van der Waals surface area contributed by atoms with E-state index in [0.29, 0.717) is 18.2 Å². The molecule has 0 spiro atoms. The molecule has 0 radical (unpaired) electrons. The van der Waals surface area contributed by atoms with Crippen LogP contribution in [0.25, 0.3) is 11.3 Å². The Labute approximate surface area is 150 Å². The van der Waals surface area contributed by atoms with Crippen molar-refractivity contribution in [3.05, 3.63) is 35.6 Å². The molecular formula is C18H21N3O3S. The van der Waals surface area contributed by atoms with Gasteiger partial charge in [-0.15, -0.1) is 11.3 Å². The first-order valence-corrected chi connectivity index (χ1v) is 9.11. The van der Waals surface area contributed by atoms with Gasteiger partial charge in [0, 0.05) is 24.0 Å². The lowest BCUT2D eigenvalue weighted by Gasteiger charge is -2.31. The molecule has 2 aromatic rings. The van der Waals surface area contributed by atoms with E-state index in [1.807, 2.05) is 25.3 Å². The number of nitrogens with one attached hydrogen (secondary N) is 1. The van der Waals surface area contributed by atoms with E-state index in [4.69, 9.17) is 4.42 Å². The van der Waals surface area contributed by atoms with E-state index in [1.165, 1.54) is 17.4 Å². The van der Waals surface area contributed by atoms with Crippen molar-refractivity contribution in [3.8, 4) is 11.3 Å². The normalized spacial score (nSPS) is 17.4. The Morgan fingerprint density at radius 2 is 2.28 bits per heavy atom. The van der Waals surface area contributed by atoms with E-state index in [2.05, 4.69) is 16.9 Å². The Morgan fingerprint density at radius 3 is 2.96 bits per heavy atom. The average Bonchev–Trinajstić information content (AvgIpc) is 3.19. The number of carbonyl (C=O) groups excluding carboxylic acids is 2. The van der Waals surface area contributed by atoms with Gasteiger partial charge in [0.2, 0.25) is 11.8 Å². The number of aromatic nitrogens is 1. The average molecular weight is 359 g/mol. The van der Waals surface area contributed by atoms with Crippen LogP contribution < -0.4 is 5.32 Å². The Balaban J connectivity index is 1.66. The van der Waals surface area contributed by atoms with Crippen molar-refractivity contribution in [1.29, 1.82) is 0 Å². The summed E-state index contributed by atoms with van der Waals surface area (Å²) in [5.74, 6) is 1.21. The molecule has 25 heavy (non-hydrogen) atoms. The molecule has 1 N–H and O–H groups in total. The van der Waals surface area contributed by atoms with Crippen LogP contribution in [0.4, 0.5) is 5.13 Å². The summed E-state index contributed by atoms with van der Waals surface area (Å²) in [5.41, 5.74) is 1.73. The van der Waals surface area contributed by atoms with Gasteiger partial charge >= 0.3 is 0 Å². The molecule has 7 heteroatoms. The van der Waals surface area contributed by atoms with Gasteiger partial charge in [-0.05, 0) is 38.8 Å². The molecule has 0 bridgehead atoms. The predicted octanol–water partition coefficient (Wildman–Crippen LogP) is 3.38. The molecule has 1 atom stereocenters. The lowest BCUT2D eigenvalue weighted by Crippen LogP contribution is -2.43. The van der Waals surface area contributed by atoms with E-state index >= 15 is 0 Å². The molecule has 3 heterocycles. The molecule has 2 aromatic heterocycles. The van der Waals surface area contributed by atoms with Gasteiger partial charge in [-0.2, -0.15) is 0 Å². The van der Waals surface area contributed by atoms with Gasteiger partial charge in [-0.3, -0.25) is 9.59 Å². The second kappa shape index (κ2) is 7.23. The van der Waals surface area contributed by atoms with Gasteiger partial charge in [-0.25, -0.2) is 4.98 Å². The number of likely N-dealkylation sites (tertiary alicyclic amines) is 1. The fourth-order valence-corrected chi connectivity index (χ4v) is 3.78. The summed E-state index contributed by atoms with van der Waals surface area (Å²) in [6, 6.07) is 1.94. The first-order chi connectivity index (χ1) is 12.0. The predicted molar refractivity (Wildman–Crippen MR) is 97.4 cm³/mol. The van der Waals surface area contributed by atoms with Gasteiger partial charge in [0.05, 0.1) is 11.6 Å². The third kappa shape index (κ3) is 3.82. The first kappa shape index (κ1) is 17.4. The second-order valence-corrected chi connectivity index (χ2v) is 7.04. The van der Waals surface area contributed by atoms with E-state index in [-0.39, 0.29) is 17.7 Å². The number of hydrogen-bond acceptors (Lipinski definition) is 5. The van der Waals surface area contributed by atoms with Crippen LogP contribution in [0.2, 0.25) is 0 Å². The number of anilines is 1. The summed E-state index contributed by atoms with van der Waals surface area (Å²) in [4.78, 5) is 30.4. The lowest BCUT2D eigenvalue weighted by molar-refractivity contribution is -0.130. The molecule has 1 saturated heterocycles. The number of piperidine rings is 1. The zero-order chi connectivity index (χ0) is 18.0. The molecular weight excluding hydrogens is 338 g/mol. The van der Waals surface area contributed by atoms with Crippen molar-refractivity contribution >= 4 is 28.3 Å². The zero-order valence-electron chi connectivity index (χ0n) is 14.4. The van der Waals surface area contributed by atoms with Crippen molar-refractivity contribution in [2.75, 3.05) is 18.4 Å². The van der Waals surface area contributed by atoms with Crippen LogP contribution >= 0.6 is 11.3 Å². The van der Waals surface area contributed by atoms with Crippen LogP contribution in [0, 0.1) is 19.8 Å². The standard InChI is InChI=1S/C18H21N3O3S/c1-4-16(22)21-7-5-6-13(9-21)17(23)20-18-19-15(10-25-18)14-8-11(2)24-12(14)3/h4,8,10,13H,1,5-7,9H2,2-3H3,(H,19,20,23). The van der Waals surface area contributed by atoms with Gasteiger partial charge in [-0.1, -0.05) is 6.58 Å². The van der Waals surface area contributed by atoms with Crippen LogP contribution in [-0.2, 0) is 9.59 Å². The summed E-state index contributed by atoms with van der Waals surface area (Å²) in [7, 11) is 0. The molecule has 1 unspecified atom stereocenters. The maximum atomic E-state index is 12.5. The highest BCUT2D eigenvalue weighted by atomic mass is 32.1. The quantitative estimate of drug-likeness (QED) is 0.849. The fraction of sp³-hybridized carbons (Fsp3) is 0.389. The van der Waals surface area contributed by atoms with Crippen molar-refractivity contribution in [3.63, 3.8) is 0 Å². The molecule has 0 saturated carbocycles. The van der Waals surface area contributed by atoms with Gasteiger partial charge in [0.1, 0.15) is 11.5 Å². The summed E-state index contributed by atoms with van der Waals surface area (Å²) < 4.78 is 5.53. The molecule has 132 valence electrons. The van der Waals surface area contributed by atoms with Crippen LogP contribution in [0.15, 0.2) is 28.5 Å². The lowest BCUT2D eigenvalue weighted by atomic mass is 9.97. The highest BCUT2D eigenvalue weighted by Crippen LogP contribution is 2.30. The number of thiazole rings is 1. The van der Waals surface area contributed by atoms with Crippen LogP contribution in [0.3, 0.4) is 0 Å². The molecule has 1 fully saturated rings. The van der Waals surface area contributed by atoms with Crippen molar-refractivity contribution in [1.82, 2.24) is 9.88 Å². The monoisotopic (exact) mass is 359 g/mol. The topological polar surface area (TPSA) is 75.4 Å². The van der Waals surface area contributed by atoms with E-state index in [9.17, 15) is 9.59 Å². The van der Waals surface area contributed by atoms with Gasteiger partial charge in [0.25, 0.3) is 0 Å². The number of nitrogens with zero attached hydrogens (tertiary/aromatic N) is 2. The Kier molecular flexibility index (Phi) is 5.03. The maximum Gasteiger partial charge on any atom is 0.245 e. The SMILES string of the molecule is C=CC(=O)N1CCCC(C(=O)Nc2nc(-c3cc(C)oc3C)cs2)C1. The Hall–Kier alpha value is -2.41. The molecule has 3 rings (SSSR count). The largest absolute Gasteiger partial charge is 0.466 e. The molecule has 2 amide bonds. The third-order valence-corrected chi connectivity index (χ3v) is 5.09. The minimum atomic E-state index is -0.220.